The third-order valence-electron chi connectivity index (χ3n) is 1.42. The van der Waals surface area contributed by atoms with Crippen molar-refractivity contribution in [2.24, 2.45) is 0 Å². The van der Waals surface area contributed by atoms with Crippen LogP contribution in [0.1, 0.15) is 19.4 Å². The van der Waals surface area contributed by atoms with Gasteiger partial charge in [0.2, 0.25) is 0 Å². The van der Waals surface area contributed by atoms with Crippen molar-refractivity contribution in [1.29, 1.82) is 0 Å². The molecule has 0 saturated heterocycles. The molecule has 0 fully saturated rings. The van der Waals surface area contributed by atoms with E-state index in [2.05, 4.69) is 6.07 Å². The Bertz CT molecular complexity index is 201. The van der Waals surface area contributed by atoms with Crippen molar-refractivity contribution in [2.45, 2.75) is 19.4 Å². The quantitative estimate of drug-likeness (QED) is 0.657. The SMILES string of the molecule is CC(C)(O)c1cc[c]cc1.[Ti]. The molecule has 0 heterocycles. The van der Waals surface area contributed by atoms with E-state index in [0.717, 1.165) is 5.56 Å². The Morgan fingerprint density at radius 1 is 1.27 bits per heavy atom. The minimum Gasteiger partial charge on any atom is -0.386 e. The van der Waals surface area contributed by atoms with E-state index in [9.17, 15) is 5.11 Å². The molecule has 0 unspecified atom stereocenters. The van der Waals surface area contributed by atoms with Crippen LogP contribution >= 0.6 is 0 Å². The van der Waals surface area contributed by atoms with Crippen LogP contribution < -0.4 is 0 Å². The molecule has 0 aliphatic rings. The monoisotopic (exact) mass is 183 g/mol. The number of benzene rings is 1. The predicted octanol–water partition coefficient (Wildman–Crippen LogP) is 1.71. The van der Waals surface area contributed by atoms with Gasteiger partial charge < -0.3 is 5.11 Å². The van der Waals surface area contributed by atoms with Gasteiger partial charge in [0, 0.05) is 21.7 Å². The maximum atomic E-state index is 9.48. The second-order valence-electron chi connectivity index (χ2n) is 2.85. The van der Waals surface area contributed by atoms with E-state index >= 15 is 0 Å². The van der Waals surface area contributed by atoms with Crippen molar-refractivity contribution in [1.82, 2.24) is 0 Å². The first-order chi connectivity index (χ1) is 4.61. The van der Waals surface area contributed by atoms with Gasteiger partial charge >= 0.3 is 0 Å². The van der Waals surface area contributed by atoms with Gasteiger partial charge in [0.25, 0.3) is 0 Å². The minimum absolute atomic E-state index is 0. The molecule has 1 radical (unpaired) electrons. The molecule has 0 saturated carbocycles. The van der Waals surface area contributed by atoms with Gasteiger partial charge in [0.1, 0.15) is 0 Å². The second kappa shape index (κ2) is 4.05. The molecule has 0 spiro atoms. The van der Waals surface area contributed by atoms with E-state index in [-0.39, 0.29) is 21.7 Å². The zero-order valence-electron chi connectivity index (χ0n) is 6.76. The predicted molar refractivity (Wildman–Crippen MR) is 40.5 cm³/mol. The van der Waals surface area contributed by atoms with Gasteiger partial charge in [-0.1, -0.05) is 24.3 Å². The summed E-state index contributed by atoms with van der Waals surface area (Å²) >= 11 is 0. The van der Waals surface area contributed by atoms with Gasteiger partial charge in [-0.15, -0.1) is 0 Å². The number of hydrogen-bond donors (Lipinski definition) is 1. The summed E-state index contributed by atoms with van der Waals surface area (Å²) in [5.74, 6) is 0. The van der Waals surface area contributed by atoms with Crippen molar-refractivity contribution in [3.63, 3.8) is 0 Å². The first-order valence-electron chi connectivity index (χ1n) is 3.29. The first-order valence-corrected chi connectivity index (χ1v) is 3.29. The first kappa shape index (κ1) is 10.9. The minimum atomic E-state index is -0.727. The molecule has 1 aromatic rings. The zero-order chi connectivity index (χ0) is 7.61. The maximum absolute atomic E-state index is 9.48. The molecule has 0 aromatic heterocycles. The van der Waals surface area contributed by atoms with E-state index in [0.29, 0.717) is 0 Å². The van der Waals surface area contributed by atoms with Crippen LogP contribution in [0.15, 0.2) is 24.3 Å². The van der Waals surface area contributed by atoms with Crippen molar-refractivity contribution >= 4 is 0 Å². The molecule has 1 aromatic carbocycles. The standard InChI is InChI=1S/C9H11O.Ti/c1-9(2,10)8-6-4-3-5-7-8;/h4-7,10H,1-2H3;. The average molecular weight is 183 g/mol. The van der Waals surface area contributed by atoms with Gasteiger partial charge in [-0.3, -0.25) is 0 Å². The topological polar surface area (TPSA) is 20.2 Å². The van der Waals surface area contributed by atoms with Crippen LogP contribution in [-0.4, -0.2) is 5.11 Å². The van der Waals surface area contributed by atoms with Crippen molar-refractivity contribution in [3.8, 4) is 0 Å². The number of aliphatic hydroxyl groups is 1. The normalized spacial score (nSPS) is 10.5. The summed E-state index contributed by atoms with van der Waals surface area (Å²) in [6.45, 7) is 3.53. The van der Waals surface area contributed by atoms with E-state index in [4.69, 9.17) is 0 Å². The Hall–Kier alpha value is -0.106. The summed E-state index contributed by atoms with van der Waals surface area (Å²) in [6.07, 6.45) is 0. The zero-order valence-corrected chi connectivity index (χ0v) is 8.32. The smallest absolute Gasteiger partial charge is 0.0840 e. The van der Waals surface area contributed by atoms with Gasteiger partial charge in [-0.05, 0) is 25.5 Å². The molecule has 1 rings (SSSR count). The van der Waals surface area contributed by atoms with Crippen LogP contribution in [0.25, 0.3) is 0 Å². The van der Waals surface area contributed by atoms with Crippen LogP contribution in [0.5, 0.6) is 0 Å². The Kier molecular flexibility index (Phi) is 4.02. The van der Waals surface area contributed by atoms with E-state index in [1.165, 1.54) is 0 Å². The molecule has 0 bridgehead atoms. The molecule has 1 nitrogen and oxygen atoms in total. The fraction of sp³-hybridized carbons (Fsp3) is 0.333. The van der Waals surface area contributed by atoms with Gasteiger partial charge in [-0.25, -0.2) is 0 Å². The Morgan fingerprint density at radius 3 is 2.00 bits per heavy atom. The molecule has 1 N–H and O–H groups in total. The number of hydrogen-bond acceptors (Lipinski definition) is 1. The molecular formula is C9H11OTi. The van der Waals surface area contributed by atoms with Crippen LogP contribution in [0.3, 0.4) is 0 Å². The van der Waals surface area contributed by atoms with Crippen molar-refractivity contribution < 1.29 is 26.8 Å². The molecule has 0 amide bonds. The van der Waals surface area contributed by atoms with E-state index < -0.39 is 5.60 Å². The maximum Gasteiger partial charge on any atom is 0.0840 e. The van der Waals surface area contributed by atoms with Crippen LogP contribution in [-0.2, 0) is 27.3 Å². The van der Waals surface area contributed by atoms with Gasteiger partial charge in [0.15, 0.2) is 0 Å². The van der Waals surface area contributed by atoms with Gasteiger partial charge in [0.05, 0.1) is 5.60 Å². The third-order valence-corrected chi connectivity index (χ3v) is 1.42. The fourth-order valence-corrected chi connectivity index (χ4v) is 0.795. The second-order valence-corrected chi connectivity index (χ2v) is 2.85. The third kappa shape index (κ3) is 3.19. The molecule has 0 atom stereocenters. The number of rotatable bonds is 1. The summed E-state index contributed by atoms with van der Waals surface area (Å²) in [5.41, 5.74) is 0.195. The summed E-state index contributed by atoms with van der Waals surface area (Å²) in [4.78, 5) is 0. The Morgan fingerprint density at radius 2 is 1.73 bits per heavy atom. The molecule has 11 heavy (non-hydrogen) atoms. The average Bonchev–Trinajstić information content (AvgIpc) is 1.88. The Labute approximate surface area is 82.3 Å². The summed E-state index contributed by atoms with van der Waals surface area (Å²) in [5, 5.41) is 9.48. The Balaban J connectivity index is 0.000001000. The van der Waals surface area contributed by atoms with Crippen LogP contribution in [0.2, 0.25) is 0 Å². The molecular weight excluding hydrogens is 172 g/mol. The van der Waals surface area contributed by atoms with Gasteiger partial charge in [-0.2, -0.15) is 0 Å². The summed E-state index contributed by atoms with van der Waals surface area (Å²) in [6, 6.07) is 10.2. The summed E-state index contributed by atoms with van der Waals surface area (Å²) < 4.78 is 0. The molecule has 0 aliphatic carbocycles. The van der Waals surface area contributed by atoms with Crippen molar-refractivity contribution in [2.75, 3.05) is 0 Å². The van der Waals surface area contributed by atoms with Crippen LogP contribution in [0.4, 0.5) is 0 Å². The largest absolute Gasteiger partial charge is 0.386 e. The van der Waals surface area contributed by atoms with E-state index in [1.54, 1.807) is 26.0 Å². The molecule has 57 valence electrons. The van der Waals surface area contributed by atoms with Crippen molar-refractivity contribution in [3.05, 3.63) is 35.9 Å². The molecule has 0 aliphatic heterocycles. The van der Waals surface area contributed by atoms with E-state index in [1.807, 2.05) is 12.1 Å². The molecule has 2 heteroatoms. The van der Waals surface area contributed by atoms with Crippen LogP contribution in [0, 0.1) is 6.07 Å². The summed E-state index contributed by atoms with van der Waals surface area (Å²) in [7, 11) is 0. The fourth-order valence-electron chi connectivity index (χ4n) is 0.795.